The van der Waals surface area contributed by atoms with Gasteiger partial charge in [-0.3, -0.25) is 0 Å². The molecule has 1 rings (SSSR count). The van der Waals surface area contributed by atoms with E-state index in [2.05, 4.69) is 47.8 Å². The van der Waals surface area contributed by atoms with E-state index in [-0.39, 0.29) is 0 Å². The number of alkyl halides is 3. The first-order chi connectivity index (χ1) is 3.67. The minimum atomic E-state index is 0.313. The lowest BCUT2D eigenvalue weighted by molar-refractivity contribution is 0.812. The van der Waals surface area contributed by atoms with Crippen LogP contribution in [0.1, 0.15) is 12.8 Å². The van der Waals surface area contributed by atoms with Crippen LogP contribution < -0.4 is 0 Å². The first-order valence-electron chi connectivity index (χ1n) is 2.60. The fraction of sp³-hybridized carbons (Fsp3) is 1.00. The van der Waals surface area contributed by atoms with Crippen molar-refractivity contribution in [3.63, 3.8) is 0 Å². The Morgan fingerprint density at radius 1 is 1.50 bits per heavy atom. The van der Waals surface area contributed by atoms with Gasteiger partial charge >= 0.3 is 0 Å². The number of hydrogen-bond acceptors (Lipinski definition) is 0. The first-order valence-corrected chi connectivity index (χ1v) is 5.31. The van der Waals surface area contributed by atoms with E-state index in [1.807, 2.05) is 0 Å². The van der Waals surface area contributed by atoms with Crippen molar-refractivity contribution in [2.45, 2.75) is 16.1 Å². The molecule has 1 unspecified atom stereocenters. The van der Waals surface area contributed by atoms with E-state index < -0.39 is 0 Å². The lowest BCUT2D eigenvalue weighted by Gasteiger charge is -1.93. The summed E-state index contributed by atoms with van der Waals surface area (Å²) < 4.78 is 0.313. The Kier molecular flexibility index (Phi) is 2.44. The Morgan fingerprint density at radius 3 is 2.12 bits per heavy atom. The average Bonchev–Trinajstić information content (AvgIpc) is 2.15. The molecule has 0 radical (unpaired) electrons. The van der Waals surface area contributed by atoms with Gasteiger partial charge in [-0.05, 0) is 18.8 Å². The molecule has 0 aromatic rings. The smallest absolute Gasteiger partial charge is 0.0838 e. The molecule has 0 N–H and O–H groups in total. The standard InChI is InChI=1S/C5H7Br3/c6-2-1-4-3-5(4,7)8/h4H,1-3H2. The van der Waals surface area contributed by atoms with Gasteiger partial charge in [0.2, 0.25) is 0 Å². The third kappa shape index (κ3) is 1.71. The molecule has 1 saturated carbocycles. The van der Waals surface area contributed by atoms with Crippen LogP contribution in [0.3, 0.4) is 0 Å². The number of rotatable bonds is 2. The zero-order chi connectivity index (χ0) is 6.20. The van der Waals surface area contributed by atoms with E-state index in [9.17, 15) is 0 Å². The summed E-state index contributed by atoms with van der Waals surface area (Å²) in [5, 5.41) is 1.12. The largest absolute Gasteiger partial charge is 0.0928 e. The summed E-state index contributed by atoms with van der Waals surface area (Å²) in [6.07, 6.45) is 2.55. The van der Waals surface area contributed by atoms with Gasteiger partial charge in [-0.25, -0.2) is 0 Å². The second-order valence-corrected chi connectivity index (χ2v) is 6.83. The molecule has 0 amide bonds. The summed E-state index contributed by atoms with van der Waals surface area (Å²) >= 11 is 10.5. The molecule has 1 atom stereocenters. The van der Waals surface area contributed by atoms with Crippen LogP contribution in [0.4, 0.5) is 0 Å². The Balaban J connectivity index is 2.17. The monoisotopic (exact) mass is 304 g/mol. The second-order valence-electron chi connectivity index (χ2n) is 2.14. The van der Waals surface area contributed by atoms with Crippen molar-refractivity contribution in [1.29, 1.82) is 0 Å². The molecular weight excluding hydrogens is 300 g/mol. The highest BCUT2D eigenvalue weighted by Gasteiger charge is 2.49. The first kappa shape index (κ1) is 7.55. The summed E-state index contributed by atoms with van der Waals surface area (Å²) in [5.74, 6) is 0.849. The molecule has 48 valence electrons. The zero-order valence-corrected chi connectivity index (χ0v) is 9.09. The molecule has 0 saturated heterocycles. The molecule has 0 aromatic carbocycles. The van der Waals surface area contributed by atoms with Crippen LogP contribution in [0.2, 0.25) is 0 Å². The Hall–Kier alpha value is 1.44. The van der Waals surface area contributed by atoms with Crippen LogP contribution in [-0.4, -0.2) is 8.56 Å². The fourth-order valence-electron chi connectivity index (χ4n) is 0.715. The summed E-state index contributed by atoms with van der Waals surface area (Å²) in [4.78, 5) is 0. The van der Waals surface area contributed by atoms with Crippen LogP contribution in [0.15, 0.2) is 0 Å². The van der Waals surface area contributed by atoms with Gasteiger partial charge in [0.05, 0.1) is 3.23 Å². The summed E-state index contributed by atoms with van der Waals surface area (Å²) in [7, 11) is 0. The normalized spacial score (nSPS) is 32.6. The van der Waals surface area contributed by atoms with E-state index in [0.29, 0.717) is 3.23 Å². The maximum absolute atomic E-state index is 3.55. The Labute approximate surface area is 74.8 Å². The lowest BCUT2D eigenvalue weighted by Crippen LogP contribution is -1.87. The molecule has 8 heavy (non-hydrogen) atoms. The van der Waals surface area contributed by atoms with Gasteiger partial charge in [-0.15, -0.1) is 0 Å². The third-order valence-corrected chi connectivity index (χ3v) is 3.81. The van der Waals surface area contributed by atoms with Gasteiger partial charge in [0.1, 0.15) is 0 Å². The zero-order valence-electron chi connectivity index (χ0n) is 4.33. The van der Waals surface area contributed by atoms with Crippen molar-refractivity contribution in [2.24, 2.45) is 5.92 Å². The second kappa shape index (κ2) is 2.59. The van der Waals surface area contributed by atoms with Gasteiger partial charge < -0.3 is 0 Å². The summed E-state index contributed by atoms with van der Waals surface area (Å²) in [6.45, 7) is 0. The van der Waals surface area contributed by atoms with Crippen molar-refractivity contribution in [1.82, 2.24) is 0 Å². The Bertz CT molecular complexity index is 89.7. The van der Waals surface area contributed by atoms with Gasteiger partial charge in [0.25, 0.3) is 0 Å². The van der Waals surface area contributed by atoms with Crippen LogP contribution >= 0.6 is 47.8 Å². The molecule has 0 bridgehead atoms. The van der Waals surface area contributed by atoms with E-state index in [4.69, 9.17) is 0 Å². The molecular formula is C5H7Br3. The third-order valence-electron chi connectivity index (χ3n) is 1.41. The summed E-state index contributed by atoms with van der Waals surface area (Å²) in [6, 6.07) is 0. The minimum Gasteiger partial charge on any atom is -0.0928 e. The van der Waals surface area contributed by atoms with Crippen molar-refractivity contribution in [3.8, 4) is 0 Å². The van der Waals surface area contributed by atoms with Crippen LogP contribution in [0.25, 0.3) is 0 Å². The molecule has 3 heteroatoms. The fourth-order valence-corrected chi connectivity index (χ4v) is 2.51. The predicted octanol–water partition coefficient (Wildman–Crippen LogP) is 3.28. The highest BCUT2D eigenvalue weighted by Crippen LogP contribution is 2.57. The number of hydrogen-bond donors (Lipinski definition) is 0. The topological polar surface area (TPSA) is 0 Å². The SMILES string of the molecule is BrCCC1CC1(Br)Br. The van der Waals surface area contributed by atoms with E-state index in [1.54, 1.807) is 0 Å². The van der Waals surface area contributed by atoms with Gasteiger partial charge in [0, 0.05) is 5.33 Å². The van der Waals surface area contributed by atoms with Crippen molar-refractivity contribution in [2.75, 3.05) is 5.33 Å². The van der Waals surface area contributed by atoms with Crippen molar-refractivity contribution >= 4 is 47.8 Å². The maximum atomic E-state index is 3.55. The van der Waals surface area contributed by atoms with Gasteiger partial charge in [-0.2, -0.15) is 0 Å². The minimum absolute atomic E-state index is 0.313. The molecule has 0 spiro atoms. The maximum Gasteiger partial charge on any atom is 0.0838 e. The molecule has 1 aliphatic carbocycles. The lowest BCUT2D eigenvalue weighted by atomic mass is 10.3. The molecule has 0 heterocycles. The van der Waals surface area contributed by atoms with Crippen molar-refractivity contribution in [3.05, 3.63) is 0 Å². The average molecular weight is 307 g/mol. The highest BCUT2D eigenvalue weighted by molar-refractivity contribution is 9.25. The van der Waals surface area contributed by atoms with E-state index in [1.165, 1.54) is 12.8 Å². The van der Waals surface area contributed by atoms with Crippen LogP contribution in [-0.2, 0) is 0 Å². The Morgan fingerprint density at radius 2 is 2.00 bits per heavy atom. The van der Waals surface area contributed by atoms with Crippen molar-refractivity contribution < 1.29 is 0 Å². The molecule has 0 aromatic heterocycles. The number of halogens is 3. The van der Waals surface area contributed by atoms with Crippen LogP contribution in [0.5, 0.6) is 0 Å². The molecule has 1 aliphatic rings. The molecule has 0 nitrogen and oxygen atoms in total. The van der Waals surface area contributed by atoms with E-state index in [0.717, 1.165) is 11.2 Å². The van der Waals surface area contributed by atoms with E-state index >= 15 is 0 Å². The highest BCUT2D eigenvalue weighted by atomic mass is 79.9. The molecule has 1 fully saturated rings. The van der Waals surface area contributed by atoms with Crippen LogP contribution in [0, 0.1) is 5.92 Å². The van der Waals surface area contributed by atoms with Gasteiger partial charge in [-0.1, -0.05) is 47.8 Å². The molecule has 0 aliphatic heterocycles. The summed E-state index contributed by atoms with van der Waals surface area (Å²) in [5.41, 5.74) is 0. The predicted molar refractivity (Wildman–Crippen MR) is 47.1 cm³/mol. The van der Waals surface area contributed by atoms with Gasteiger partial charge in [0.15, 0.2) is 0 Å². The quantitative estimate of drug-likeness (QED) is 0.687.